The third-order valence-corrected chi connectivity index (χ3v) is 3.53. The fourth-order valence-electron chi connectivity index (χ4n) is 2.69. The van der Waals surface area contributed by atoms with Crippen molar-refractivity contribution in [2.24, 2.45) is 11.8 Å². The summed E-state index contributed by atoms with van der Waals surface area (Å²) < 4.78 is 4.80. The van der Waals surface area contributed by atoms with Crippen molar-refractivity contribution in [3.8, 4) is 0 Å². The number of esters is 1. The van der Waals surface area contributed by atoms with Crippen LogP contribution in [0.2, 0.25) is 0 Å². The summed E-state index contributed by atoms with van der Waals surface area (Å²) in [7, 11) is 1.45. The fraction of sp³-hybridized carbons (Fsp3) is 0.533. The van der Waals surface area contributed by atoms with Gasteiger partial charge < -0.3 is 9.64 Å². The van der Waals surface area contributed by atoms with Crippen LogP contribution < -0.4 is 4.90 Å². The summed E-state index contributed by atoms with van der Waals surface area (Å²) in [5.41, 5.74) is 2.65. The highest BCUT2D eigenvalue weighted by Gasteiger charge is 2.24. The molecule has 1 aromatic carbocycles. The van der Waals surface area contributed by atoms with Gasteiger partial charge in [0, 0.05) is 18.8 Å². The summed E-state index contributed by atoms with van der Waals surface area (Å²) in [5.74, 6) is 0.406. The lowest BCUT2D eigenvalue weighted by atomic mass is 9.93. The molecule has 3 heteroatoms. The lowest BCUT2D eigenvalue weighted by Crippen LogP contribution is -2.39. The number of carbonyl (C=O) groups excluding carboxylic acids is 1. The van der Waals surface area contributed by atoms with Crippen LogP contribution in [0.1, 0.15) is 19.4 Å². The SMILES string of the molecule is COC(=O)C(C)CN1CC(C)Cc2ccccc21. The molecule has 0 spiro atoms. The molecule has 3 nitrogen and oxygen atoms in total. The second-order valence-corrected chi connectivity index (χ2v) is 5.27. The Hall–Kier alpha value is -1.51. The van der Waals surface area contributed by atoms with E-state index in [9.17, 15) is 4.79 Å². The Morgan fingerprint density at radius 1 is 1.50 bits per heavy atom. The lowest BCUT2D eigenvalue weighted by Gasteiger charge is -2.36. The Bertz CT molecular complexity index is 430. The van der Waals surface area contributed by atoms with E-state index in [2.05, 4.69) is 36.1 Å². The van der Waals surface area contributed by atoms with Gasteiger partial charge >= 0.3 is 5.97 Å². The Kier molecular flexibility index (Phi) is 3.90. The number of anilines is 1. The molecule has 0 aliphatic carbocycles. The van der Waals surface area contributed by atoms with Gasteiger partial charge in [-0.05, 0) is 24.0 Å². The first kappa shape index (κ1) is 12.9. The second kappa shape index (κ2) is 5.42. The zero-order valence-electron chi connectivity index (χ0n) is 11.3. The van der Waals surface area contributed by atoms with Gasteiger partial charge in [-0.1, -0.05) is 32.0 Å². The highest BCUT2D eigenvalue weighted by molar-refractivity contribution is 5.73. The van der Waals surface area contributed by atoms with Gasteiger partial charge in [-0.3, -0.25) is 4.79 Å². The Labute approximate surface area is 109 Å². The van der Waals surface area contributed by atoms with Crippen molar-refractivity contribution >= 4 is 11.7 Å². The maximum Gasteiger partial charge on any atom is 0.310 e. The van der Waals surface area contributed by atoms with Crippen molar-refractivity contribution in [2.75, 3.05) is 25.1 Å². The van der Waals surface area contributed by atoms with Gasteiger partial charge in [-0.25, -0.2) is 0 Å². The number of nitrogens with zero attached hydrogens (tertiary/aromatic N) is 1. The smallest absolute Gasteiger partial charge is 0.310 e. The number of hydrogen-bond acceptors (Lipinski definition) is 3. The Morgan fingerprint density at radius 3 is 2.94 bits per heavy atom. The van der Waals surface area contributed by atoms with E-state index < -0.39 is 0 Å². The lowest BCUT2D eigenvalue weighted by molar-refractivity contribution is -0.144. The maximum atomic E-state index is 11.5. The van der Waals surface area contributed by atoms with Gasteiger partial charge in [0.2, 0.25) is 0 Å². The first-order valence-corrected chi connectivity index (χ1v) is 6.52. The molecule has 1 aliphatic heterocycles. The molecule has 18 heavy (non-hydrogen) atoms. The van der Waals surface area contributed by atoms with Crippen LogP contribution in [0, 0.1) is 11.8 Å². The topological polar surface area (TPSA) is 29.5 Å². The minimum absolute atomic E-state index is 0.0895. The van der Waals surface area contributed by atoms with E-state index in [4.69, 9.17) is 4.74 Å². The summed E-state index contributed by atoms with van der Waals surface area (Å²) in [4.78, 5) is 13.8. The van der Waals surface area contributed by atoms with Crippen LogP contribution in [-0.4, -0.2) is 26.2 Å². The Morgan fingerprint density at radius 2 is 2.22 bits per heavy atom. The molecule has 0 fully saturated rings. The largest absolute Gasteiger partial charge is 0.469 e. The minimum atomic E-state index is -0.134. The summed E-state index contributed by atoms with van der Waals surface area (Å²) >= 11 is 0. The number of carbonyl (C=O) groups is 1. The van der Waals surface area contributed by atoms with Gasteiger partial charge in [0.1, 0.15) is 0 Å². The molecule has 0 amide bonds. The number of fused-ring (bicyclic) bond motifs is 1. The monoisotopic (exact) mass is 247 g/mol. The van der Waals surface area contributed by atoms with E-state index in [1.165, 1.54) is 18.4 Å². The fourth-order valence-corrected chi connectivity index (χ4v) is 2.69. The van der Waals surface area contributed by atoms with E-state index in [1.54, 1.807) is 0 Å². The molecule has 98 valence electrons. The maximum absolute atomic E-state index is 11.5. The third-order valence-electron chi connectivity index (χ3n) is 3.53. The second-order valence-electron chi connectivity index (χ2n) is 5.27. The number of ether oxygens (including phenoxy) is 1. The van der Waals surface area contributed by atoms with E-state index in [1.807, 2.05) is 6.92 Å². The van der Waals surface area contributed by atoms with Crippen LogP contribution in [0.5, 0.6) is 0 Å². The van der Waals surface area contributed by atoms with Gasteiger partial charge in [0.25, 0.3) is 0 Å². The molecule has 0 N–H and O–H groups in total. The van der Waals surface area contributed by atoms with Crippen LogP contribution in [0.15, 0.2) is 24.3 Å². The van der Waals surface area contributed by atoms with Gasteiger partial charge in [0.15, 0.2) is 0 Å². The van der Waals surface area contributed by atoms with Gasteiger partial charge in [-0.2, -0.15) is 0 Å². The van der Waals surface area contributed by atoms with Crippen LogP contribution in [0.4, 0.5) is 5.69 Å². The molecule has 0 radical (unpaired) electrons. The highest BCUT2D eigenvalue weighted by atomic mass is 16.5. The number of methoxy groups -OCH3 is 1. The molecule has 0 bridgehead atoms. The summed E-state index contributed by atoms with van der Waals surface area (Å²) in [6, 6.07) is 8.47. The van der Waals surface area contributed by atoms with Gasteiger partial charge in [-0.15, -0.1) is 0 Å². The van der Waals surface area contributed by atoms with Crippen molar-refractivity contribution in [3.05, 3.63) is 29.8 Å². The summed E-state index contributed by atoms with van der Waals surface area (Å²) in [6.45, 7) is 5.92. The predicted octanol–water partition coefficient (Wildman–Crippen LogP) is 2.49. The molecule has 1 heterocycles. The first-order chi connectivity index (χ1) is 8.61. The summed E-state index contributed by atoms with van der Waals surface area (Å²) in [5, 5.41) is 0. The number of hydrogen-bond donors (Lipinski definition) is 0. The van der Waals surface area contributed by atoms with E-state index in [-0.39, 0.29) is 11.9 Å². The third kappa shape index (κ3) is 2.66. The highest BCUT2D eigenvalue weighted by Crippen LogP contribution is 2.29. The van der Waals surface area contributed by atoms with E-state index >= 15 is 0 Å². The van der Waals surface area contributed by atoms with Crippen LogP contribution in [0.3, 0.4) is 0 Å². The molecule has 1 aromatic rings. The van der Waals surface area contributed by atoms with E-state index in [0.29, 0.717) is 5.92 Å². The average molecular weight is 247 g/mol. The molecule has 2 unspecified atom stereocenters. The molecule has 0 saturated heterocycles. The minimum Gasteiger partial charge on any atom is -0.469 e. The van der Waals surface area contributed by atoms with Crippen molar-refractivity contribution in [2.45, 2.75) is 20.3 Å². The average Bonchev–Trinajstić information content (AvgIpc) is 2.37. The molecular formula is C15H21NO2. The van der Waals surface area contributed by atoms with Crippen LogP contribution >= 0.6 is 0 Å². The quantitative estimate of drug-likeness (QED) is 0.769. The Balaban J connectivity index is 2.16. The van der Waals surface area contributed by atoms with Gasteiger partial charge in [0.05, 0.1) is 13.0 Å². The number of benzene rings is 1. The standard InChI is InChI=1S/C15H21NO2/c1-11-8-13-6-4-5-7-14(13)16(9-11)10-12(2)15(17)18-3/h4-7,11-12H,8-10H2,1-3H3. The molecule has 0 aromatic heterocycles. The molecule has 2 atom stereocenters. The normalized spacial score (nSPS) is 20.2. The van der Waals surface area contributed by atoms with Crippen LogP contribution in [0.25, 0.3) is 0 Å². The molecule has 0 saturated carbocycles. The zero-order valence-corrected chi connectivity index (χ0v) is 11.3. The van der Waals surface area contributed by atoms with E-state index in [0.717, 1.165) is 19.5 Å². The molecular weight excluding hydrogens is 226 g/mol. The molecule has 2 rings (SSSR count). The summed E-state index contributed by atoms with van der Waals surface area (Å²) in [6.07, 6.45) is 1.12. The number of rotatable bonds is 3. The predicted molar refractivity (Wildman–Crippen MR) is 72.7 cm³/mol. The first-order valence-electron chi connectivity index (χ1n) is 6.52. The zero-order chi connectivity index (χ0) is 13.1. The van der Waals surface area contributed by atoms with Crippen molar-refractivity contribution in [1.82, 2.24) is 0 Å². The van der Waals surface area contributed by atoms with Crippen molar-refractivity contribution < 1.29 is 9.53 Å². The van der Waals surface area contributed by atoms with Crippen LogP contribution in [-0.2, 0) is 16.0 Å². The van der Waals surface area contributed by atoms with Crippen molar-refractivity contribution in [1.29, 1.82) is 0 Å². The van der Waals surface area contributed by atoms with Crippen molar-refractivity contribution in [3.63, 3.8) is 0 Å². The number of para-hydroxylation sites is 1. The molecule has 1 aliphatic rings.